The lowest BCUT2D eigenvalue weighted by atomic mass is 9.54. The van der Waals surface area contributed by atoms with Gasteiger partial charge in [-0.25, -0.2) is 0 Å². The fourth-order valence-electron chi connectivity index (χ4n) is 6.86. The predicted molar refractivity (Wildman–Crippen MR) is 109 cm³/mol. The fraction of sp³-hybridized carbons (Fsp3) is 0.727. The van der Waals surface area contributed by atoms with Gasteiger partial charge in [-0.1, -0.05) is 19.9 Å². The molecule has 1 aromatic rings. The Balaban J connectivity index is 1.66. The van der Waals surface area contributed by atoms with Crippen molar-refractivity contribution < 1.29 is 17.7 Å². The van der Waals surface area contributed by atoms with Crippen LogP contribution >= 0.6 is 0 Å². The number of hydrogen-bond donors (Lipinski definition) is 2. The maximum Gasteiger partial charge on any atom is 0.380 e. The summed E-state index contributed by atoms with van der Waals surface area (Å²) < 4.78 is 28.0. The molecule has 0 saturated heterocycles. The van der Waals surface area contributed by atoms with E-state index >= 15 is 0 Å². The van der Waals surface area contributed by atoms with Gasteiger partial charge in [0.2, 0.25) is 0 Å². The Bertz CT molecular complexity index is 852. The highest BCUT2D eigenvalue weighted by Crippen LogP contribution is 2.63. The Kier molecular flexibility index (Phi) is 5.26. The van der Waals surface area contributed by atoms with E-state index in [1.165, 1.54) is 36.8 Å². The first-order chi connectivity index (χ1) is 13.3. The van der Waals surface area contributed by atoms with Gasteiger partial charge in [0, 0.05) is 6.61 Å². The van der Waals surface area contributed by atoms with Gasteiger partial charge < -0.3 is 9.29 Å². The van der Waals surface area contributed by atoms with Crippen molar-refractivity contribution in [3.8, 4) is 5.75 Å². The summed E-state index contributed by atoms with van der Waals surface area (Å²) in [5, 5.41) is 14.6. The minimum Gasteiger partial charge on any atom is -0.396 e. The highest BCUT2D eigenvalue weighted by atomic mass is 32.2. The Hall–Kier alpha value is -1.11. The third-order valence-corrected chi connectivity index (χ3v) is 8.58. The summed E-state index contributed by atoms with van der Waals surface area (Å²) in [6, 6.07) is 4.11. The summed E-state index contributed by atoms with van der Waals surface area (Å²) in [6.45, 7) is 4.79. The minimum absolute atomic E-state index is 0.302. The second-order valence-corrected chi connectivity index (χ2v) is 10.5. The maximum atomic E-state index is 11.4. The van der Waals surface area contributed by atoms with Crippen molar-refractivity contribution in [2.75, 3.05) is 6.61 Å². The summed E-state index contributed by atoms with van der Waals surface area (Å²) in [5.74, 6) is 3.04. The lowest BCUT2D eigenvalue weighted by Crippen LogP contribution is -2.42. The summed E-state index contributed by atoms with van der Waals surface area (Å²) >= 11 is 0. The number of hydrogen-bond acceptors (Lipinski definition) is 4. The van der Waals surface area contributed by atoms with Gasteiger partial charge in [-0.05, 0) is 103 Å². The second kappa shape index (κ2) is 7.29. The van der Waals surface area contributed by atoms with Gasteiger partial charge >= 0.3 is 10.3 Å². The van der Waals surface area contributed by atoms with Crippen LogP contribution in [0.2, 0.25) is 0 Å². The number of aliphatic hydroxyl groups is 1. The fourth-order valence-corrected chi connectivity index (χ4v) is 7.27. The van der Waals surface area contributed by atoms with Gasteiger partial charge in [-0.3, -0.25) is 0 Å². The average molecular weight is 408 g/mol. The molecule has 0 aliphatic heterocycles. The molecule has 0 radical (unpaired) electrons. The van der Waals surface area contributed by atoms with Crippen molar-refractivity contribution in [3.63, 3.8) is 0 Å². The zero-order valence-electron chi connectivity index (χ0n) is 17.0. The van der Waals surface area contributed by atoms with Crippen LogP contribution in [0.25, 0.3) is 0 Å². The van der Waals surface area contributed by atoms with Gasteiger partial charge in [-0.15, -0.1) is 0 Å². The first kappa shape index (κ1) is 20.2. The third kappa shape index (κ3) is 3.37. The summed E-state index contributed by atoms with van der Waals surface area (Å²) in [7, 11) is -4.01. The Labute approximate surface area is 168 Å². The van der Waals surface area contributed by atoms with E-state index in [9.17, 15) is 13.5 Å². The number of aryl methyl sites for hydroxylation is 2. The topological polar surface area (TPSA) is 89.6 Å². The van der Waals surface area contributed by atoms with Gasteiger partial charge in [-0.2, -0.15) is 13.6 Å². The van der Waals surface area contributed by atoms with Crippen molar-refractivity contribution in [2.45, 2.75) is 71.1 Å². The molecule has 3 N–H and O–H groups in total. The van der Waals surface area contributed by atoms with Crippen molar-refractivity contribution in [1.29, 1.82) is 0 Å². The standard InChI is InChI=1S/C22H33NO4S/c1-3-14-12-19-15(13-21(14)27-28(23,25)26)4-6-18-17(19)8-10-22(2)16(9-11-24)5-7-20(18)22/h12-13,16-18,20,24H,3-11H2,1-2H3,(H2,23,25,26)/t16-,17+,18-,20+,22-/m1/s1. The monoisotopic (exact) mass is 407 g/mol. The van der Waals surface area contributed by atoms with Gasteiger partial charge in [0.05, 0.1) is 0 Å². The van der Waals surface area contributed by atoms with E-state index in [1.54, 1.807) is 0 Å². The Morgan fingerprint density at radius 3 is 2.71 bits per heavy atom. The Morgan fingerprint density at radius 2 is 2.04 bits per heavy atom. The molecule has 3 aliphatic rings. The van der Waals surface area contributed by atoms with Crippen molar-refractivity contribution in [3.05, 3.63) is 28.8 Å². The molecular weight excluding hydrogens is 374 g/mol. The van der Waals surface area contributed by atoms with E-state index in [-0.39, 0.29) is 0 Å². The largest absolute Gasteiger partial charge is 0.396 e. The molecule has 0 aromatic heterocycles. The van der Waals surface area contributed by atoms with Crippen LogP contribution in [-0.2, 0) is 23.1 Å². The third-order valence-electron chi connectivity index (χ3n) is 8.17. The highest BCUT2D eigenvalue weighted by Gasteiger charge is 2.54. The number of aliphatic hydroxyl groups excluding tert-OH is 1. The number of nitrogens with two attached hydrogens (primary N) is 1. The molecule has 156 valence electrons. The van der Waals surface area contributed by atoms with Crippen molar-refractivity contribution in [2.24, 2.45) is 28.3 Å². The summed E-state index contributed by atoms with van der Waals surface area (Å²) in [5.41, 5.74) is 3.92. The zero-order valence-corrected chi connectivity index (χ0v) is 17.8. The molecule has 2 saturated carbocycles. The van der Waals surface area contributed by atoms with E-state index in [2.05, 4.69) is 13.0 Å². The maximum absolute atomic E-state index is 11.4. The lowest BCUT2D eigenvalue weighted by molar-refractivity contribution is 0.0209. The van der Waals surface area contributed by atoms with Crippen LogP contribution in [-0.4, -0.2) is 20.1 Å². The average Bonchev–Trinajstić information content (AvgIpc) is 2.96. The molecule has 28 heavy (non-hydrogen) atoms. The number of fused-ring (bicyclic) bond motifs is 5. The molecule has 0 amide bonds. The molecule has 0 unspecified atom stereocenters. The molecular formula is C22H33NO4S. The summed E-state index contributed by atoms with van der Waals surface area (Å²) in [4.78, 5) is 0. The van der Waals surface area contributed by atoms with Gasteiger partial charge in [0.1, 0.15) is 5.75 Å². The van der Waals surface area contributed by atoms with E-state index in [4.69, 9.17) is 9.32 Å². The summed E-state index contributed by atoms with van der Waals surface area (Å²) in [6.07, 6.45) is 8.72. The van der Waals surface area contributed by atoms with E-state index in [0.29, 0.717) is 35.5 Å². The molecule has 1 aromatic carbocycles. The zero-order chi connectivity index (χ0) is 20.1. The van der Waals surface area contributed by atoms with Crippen molar-refractivity contribution in [1.82, 2.24) is 0 Å². The van der Waals surface area contributed by atoms with Gasteiger partial charge in [0.15, 0.2) is 0 Å². The second-order valence-electron chi connectivity index (χ2n) is 9.33. The van der Waals surface area contributed by atoms with Gasteiger partial charge in [0.25, 0.3) is 0 Å². The normalized spacial score (nSPS) is 34.4. The minimum atomic E-state index is -4.01. The van der Waals surface area contributed by atoms with Crippen LogP contribution in [0.3, 0.4) is 0 Å². The van der Waals surface area contributed by atoms with Crippen LogP contribution in [0.1, 0.15) is 75.0 Å². The highest BCUT2D eigenvalue weighted by molar-refractivity contribution is 7.84. The van der Waals surface area contributed by atoms with Crippen LogP contribution in [0.15, 0.2) is 12.1 Å². The van der Waals surface area contributed by atoms with Crippen LogP contribution in [0.5, 0.6) is 5.75 Å². The first-order valence-electron chi connectivity index (χ1n) is 10.8. The van der Waals surface area contributed by atoms with Crippen LogP contribution in [0.4, 0.5) is 0 Å². The van der Waals surface area contributed by atoms with E-state index in [1.807, 2.05) is 13.0 Å². The van der Waals surface area contributed by atoms with Crippen LogP contribution < -0.4 is 9.32 Å². The lowest BCUT2D eigenvalue weighted by Gasteiger charge is -2.51. The molecule has 5 nitrogen and oxygen atoms in total. The molecule has 2 fully saturated rings. The van der Waals surface area contributed by atoms with Crippen molar-refractivity contribution >= 4 is 10.3 Å². The molecule has 0 heterocycles. The number of rotatable bonds is 5. The van der Waals surface area contributed by atoms with E-state index in [0.717, 1.165) is 37.2 Å². The Morgan fingerprint density at radius 1 is 1.25 bits per heavy atom. The molecule has 0 bridgehead atoms. The quantitative estimate of drug-likeness (QED) is 0.779. The molecule has 3 aliphatic carbocycles. The van der Waals surface area contributed by atoms with Crippen LogP contribution in [0, 0.1) is 23.2 Å². The molecule has 4 rings (SSSR count). The first-order valence-corrected chi connectivity index (χ1v) is 12.2. The molecule has 6 heteroatoms. The predicted octanol–water partition coefficient (Wildman–Crippen LogP) is 3.69. The van der Waals surface area contributed by atoms with E-state index < -0.39 is 10.3 Å². The molecule has 0 spiro atoms. The SMILES string of the molecule is CCc1cc2c(cc1OS(N)(=O)=O)CC[C@@H]1[C@@H]2CC[C@]2(C)[C@@H](CCO)CC[C@@H]12. The number of benzene rings is 1. The smallest absolute Gasteiger partial charge is 0.380 e. The molecule has 5 atom stereocenters.